The molecular formula is C18H26N2O4. The molecule has 1 fully saturated rings. The summed E-state index contributed by atoms with van der Waals surface area (Å²) in [4.78, 5) is 27.8. The van der Waals surface area contributed by atoms with Crippen LogP contribution in [-0.4, -0.2) is 62.0 Å². The first-order chi connectivity index (χ1) is 11.5. The van der Waals surface area contributed by atoms with Crippen LogP contribution in [-0.2, 0) is 16.0 Å². The largest absolute Gasteiger partial charge is 0.493 e. The minimum Gasteiger partial charge on any atom is -0.493 e. The Kier molecular flexibility index (Phi) is 6.06. The average Bonchev–Trinajstić information content (AvgIpc) is 2.82. The molecule has 0 radical (unpaired) electrons. The number of hydrogen-bond acceptors (Lipinski definition) is 4. The quantitative estimate of drug-likeness (QED) is 0.840. The average molecular weight is 334 g/mol. The highest BCUT2D eigenvalue weighted by atomic mass is 16.5. The van der Waals surface area contributed by atoms with Gasteiger partial charge in [-0.25, -0.2) is 0 Å². The second-order valence-corrected chi connectivity index (χ2v) is 6.05. The summed E-state index contributed by atoms with van der Waals surface area (Å²) < 4.78 is 10.6. The lowest BCUT2D eigenvalue weighted by Crippen LogP contribution is -2.37. The fourth-order valence-electron chi connectivity index (χ4n) is 2.97. The first-order valence-electron chi connectivity index (χ1n) is 8.21. The zero-order chi connectivity index (χ0) is 17.7. The molecule has 1 aromatic carbocycles. The zero-order valence-corrected chi connectivity index (χ0v) is 14.9. The van der Waals surface area contributed by atoms with Crippen LogP contribution in [0.2, 0.25) is 0 Å². The molecular weight excluding hydrogens is 308 g/mol. The summed E-state index contributed by atoms with van der Waals surface area (Å²) in [6.45, 7) is 6.13. The van der Waals surface area contributed by atoms with Crippen LogP contribution in [0.3, 0.4) is 0 Å². The highest BCUT2D eigenvalue weighted by Crippen LogP contribution is 2.30. The van der Waals surface area contributed by atoms with Gasteiger partial charge in [0.1, 0.15) is 0 Å². The van der Waals surface area contributed by atoms with Gasteiger partial charge < -0.3 is 19.3 Å². The van der Waals surface area contributed by atoms with E-state index < -0.39 is 0 Å². The van der Waals surface area contributed by atoms with Crippen molar-refractivity contribution in [2.24, 2.45) is 0 Å². The van der Waals surface area contributed by atoms with Crippen LogP contribution in [0.15, 0.2) is 12.1 Å². The number of rotatable bonds is 4. The van der Waals surface area contributed by atoms with E-state index >= 15 is 0 Å². The third kappa shape index (κ3) is 4.19. The number of hydrogen-bond donors (Lipinski definition) is 0. The maximum Gasteiger partial charge on any atom is 0.227 e. The molecule has 2 rings (SSSR count). The van der Waals surface area contributed by atoms with E-state index in [2.05, 4.69) is 0 Å². The van der Waals surface area contributed by atoms with Crippen LogP contribution in [0.4, 0.5) is 0 Å². The molecule has 1 aromatic rings. The predicted octanol–water partition coefficient (Wildman–Crippen LogP) is 1.64. The van der Waals surface area contributed by atoms with Crippen molar-refractivity contribution in [3.8, 4) is 11.5 Å². The third-order valence-electron chi connectivity index (χ3n) is 4.48. The fraction of sp³-hybridized carbons (Fsp3) is 0.556. The van der Waals surface area contributed by atoms with E-state index in [4.69, 9.17) is 9.47 Å². The number of aryl methyl sites for hydroxylation is 1. The number of nitrogens with zero attached hydrogens (tertiary/aromatic N) is 2. The summed E-state index contributed by atoms with van der Waals surface area (Å²) in [6.07, 6.45) is 1.14. The van der Waals surface area contributed by atoms with Crippen LogP contribution >= 0.6 is 0 Å². The maximum absolute atomic E-state index is 12.7. The molecule has 0 aromatic heterocycles. The second kappa shape index (κ2) is 8.04. The van der Waals surface area contributed by atoms with Crippen LogP contribution in [0, 0.1) is 6.92 Å². The Morgan fingerprint density at radius 1 is 1.00 bits per heavy atom. The van der Waals surface area contributed by atoms with E-state index in [0.717, 1.165) is 17.5 Å². The molecule has 0 N–H and O–H groups in total. The molecule has 0 saturated carbocycles. The number of carbonyl (C=O) groups is 2. The van der Waals surface area contributed by atoms with Gasteiger partial charge in [0.05, 0.1) is 20.6 Å². The summed E-state index contributed by atoms with van der Waals surface area (Å²) in [5.41, 5.74) is 1.94. The summed E-state index contributed by atoms with van der Waals surface area (Å²) in [6, 6.07) is 3.76. The smallest absolute Gasteiger partial charge is 0.227 e. The van der Waals surface area contributed by atoms with Gasteiger partial charge in [0.25, 0.3) is 0 Å². The molecule has 6 nitrogen and oxygen atoms in total. The first kappa shape index (κ1) is 18.1. The van der Waals surface area contributed by atoms with E-state index in [1.807, 2.05) is 24.0 Å². The van der Waals surface area contributed by atoms with Crippen LogP contribution in [0.5, 0.6) is 11.5 Å². The third-order valence-corrected chi connectivity index (χ3v) is 4.48. The molecule has 6 heteroatoms. The lowest BCUT2D eigenvalue weighted by atomic mass is 10.0. The summed E-state index contributed by atoms with van der Waals surface area (Å²) in [7, 11) is 3.18. The molecule has 2 amide bonds. The Morgan fingerprint density at radius 3 is 2.21 bits per heavy atom. The van der Waals surface area contributed by atoms with Crippen molar-refractivity contribution in [3.05, 3.63) is 23.3 Å². The minimum atomic E-state index is 0.0695. The van der Waals surface area contributed by atoms with Crippen molar-refractivity contribution in [1.29, 1.82) is 0 Å². The molecule has 1 saturated heterocycles. The van der Waals surface area contributed by atoms with Crippen LogP contribution in [0.25, 0.3) is 0 Å². The summed E-state index contributed by atoms with van der Waals surface area (Å²) in [5.74, 6) is 1.44. The fourth-order valence-corrected chi connectivity index (χ4v) is 2.97. The Hall–Kier alpha value is -2.24. The van der Waals surface area contributed by atoms with Crippen molar-refractivity contribution in [2.75, 3.05) is 40.4 Å². The SMILES string of the molecule is COc1cc(C)c(CC(=O)N2CCCN(C(C)=O)CC2)cc1OC. The van der Waals surface area contributed by atoms with Gasteiger partial charge >= 0.3 is 0 Å². The molecule has 0 atom stereocenters. The molecule has 1 heterocycles. The van der Waals surface area contributed by atoms with Crippen molar-refractivity contribution < 1.29 is 19.1 Å². The number of amides is 2. The minimum absolute atomic E-state index is 0.0695. The van der Waals surface area contributed by atoms with E-state index in [-0.39, 0.29) is 11.8 Å². The molecule has 0 unspecified atom stereocenters. The Bertz CT molecular complexity index is 615. The van der Waals surface area contributed by atoms with Crippen molar-refractivity contribution in [2.45, 2.75) is 26.7 Å². The van der Waals surface area contributed by atoms with Gasteiger partial charge in [-0.2, -0.15) is 0 Å². The molecule has 0 spiro atoms. The van der Waals surface area contributed by atoms with Crippen LogP contribution in [0.1, 0.15) is 24.5 Å². The van der Waals surface area contributed by atoms with Gasteiger partial charge in [0.2, 0.25) is 11.8 Å². The van der Waals surface area contributed by atoms with Crippen molar-refractivity contribution in [3.63, 3.8) is 0 Å². The van der Waals surface area contributed by atoms with E-state index in [0.29, 0.717) is 44.1 Å². The highest BCUT2D eigenvalue weighted by Gasteiger charge is 2.21. The zero-order valence-electron chi connectivity index (χ0n) is 14.9. The molecule has 24 heavy (non-hydrogen) atoms. The first-order valence-corrected chi connectivity index (χ1v) is 8.21. The normalized spacial score (nSPS) is 15.0. The summed E-state index contributed by atoms with van der Waals surface area (Å²) in [5, 5.41) is 0. The monoisotopic (exact) mass is 334 g/mol. The number of benzene rings is 1. The maximum atomic E-state index is 12.7. The summed E-state index contributed by atoms with van der Waals surface area (Å²) >= 11 is 0. The standard InChI is InChI=1S/C18H26N2O4/c1-13-10-16(23-3)17(24-4)11-15(13)12-18(22)20-7-5-6-19(8-9-20)14(2)21/h10-11H,5-9,12H2,1-4H3. The second-order valence-electron chi connectivity index (χ2n) is 6.05. The number of methoxy groups -OCH3 is 2. The lowest BCUT2D eigenvalue weighted by Gasteiger charge is -2.22. The van der Waals surface area contributed by atoms with Crippen molar-refractivity contribution >= 4 is 11.8 Å². The van der Waals surface area contributed by atoms with Crippen molar-refractivity contribution in [1.82, 2.24) is 9.80 Å². The van der Waals surface area contributed by atoms with Gasteiger partial charge in [-0.05, 0) is 36.6 Å². The van der Waals surface area contributed by atoms with E-state index in [1.165, 1.54) is 0 Å². The lowest BCUT2D eigenvalue weighted by molar-refractivity contribution is -0.132. The topological polar surface area (TPSA) is 59.1 Å². The van der Waals surface area contributed by atoms with E-state index in [1.54, 1.807) is 26.0 Å². The Balaban J connectivity index is 2.08. The van der Waals surface area contributed by atoms with Crippen LogP contribution < -0.4 is 9.47 Å². The Morgan fingerprint density at radius 2 is 1.58 bits per heavy atom. The molecule has 1 aliphatic heterocycles. The van der Waals surface area contributed by atoms with Gasteiger partial charge in [0.15, 0.2) is 11.5 Å². The van der Waals surface area contributed by atoms with E-state index in [9.17, 15) is 9.59 Å². The predicted molar refractivity (Wildman–Crippen MR) is 91.4 cm³/mol. The van der Waals surface area contributed by atoms with Gasteiger partial charge in [-0.1, -0.05) is 0 Å². The van der Waals surface area contributed by atoms with Gasteiger partial charge in [-0.15, -0.1) is 0 Å². The molecule has 0 aliphatic carbocycles. The number of carbonyl (C=O) groups excluding carboxylic acids is 2. The molecule has 1 aliphatic rings. The molecule has 0 bridgehead atoms. The Labute approximate surface area is 143 Å². The molecule has 132 valence electrons. The van der Waals surface area contributed by atoms with Gasteiger partial charge in [-0.3, -0.25) is 9.59 Å². The number of ether oxygens (including phenoxy) is 2. The highest BCUT2D eigenvalue weighted by molar-refractivity contribution is 5.80. The van der Waals surface area contributed by atoms with Gasteiger partial charge in [0, 0.05) is 33.1 Å².